The number of piperidine rings is 1. The van der Waals surface area contributed by atoms with Crippen LogP contribution in [0.3, 0.4) is 0 Å². The Balaban J connectivity index is 1.41. The maximum absolute atomic E-state index is 13.4. The van der Waals surface area contributed by atoms with Crippen LogP contribution >= 0.6 is 0 Å². The molecule has 2 aliphatic heterocycles. The molecule has 5 heterocycles. The molecule has 0 aromatic carbocycles. The molecular formula is C20H21FN8O2. The van der Waals surface area contributed by atoms with Crippen LogP contribution in [0.1, 0.15) is 29.6 Å². The summed E-state index contributed by atoms with van der Waals surface area (Å²) in [4.78, 5) is 37.4. The molecule has 5 rings (SSSR count). The number of nitrogens with one attached hydrogen (secondary N) is 1. The van der Waals surface area contributed by atoms with E-state index >= 15 is 0 Å². The van der Waals surface area contributed by atoms with Crippen molar-refractivity contribution in [1.29, 1.82) is 0 Å². The van der Waals surface area contributed by atoms with E-state index in [0.29, 0.717) is 31.7 Å². The molecule has 1 atom stereocenters. The summed E-state index contributed by atoms with van der Waals surface area (Å²) in [7, 11) is 0. The molecule has 0 radical (unpaired) electrons. The minimum Gasteiger partial charge on any atom is -0.381 e. The minimum absolute atomic E-state index is 0.0460. The Bertz CT molecular complexity index is 1180. The summed E-state index contributed by atoms with van der Waals surface area (Å²) in [6, 6.07) is 2.00. The van der Waals surface area contributed by atoms with Gasteiger partial charge in [0, 0.05) is 38.3 Å². The van der Waals surface area contributed by atoms with Crippen molar-refractivity contribution in [3.63, 3.8) is 0 Å². The predicted molar refractivity (Wildman–Crippen MR) is 111 cm³/mol. The lowest BCUT2D eigenvalue weighted by molar-refractivity contribution is -0.136. The van der Waals surface area contributed by atoms with Crippen LogP contribution in [0.25, 0.3) is 5.65 Å². The smallest absolute Gasteiger partial charge is 0.263 e. The van der Waals surface area contributed by atoms with Gasteiger partial charge in [0.25, 0.3) is 5.91 Å². The fourth-order valence-corrected chi connectivity index (χ4v) is 4.37. The third-order valence-corrected chi connectivity index (χ3v) is 5.81. The van der Waals surface area contributed by atoms with E-state index in [1.165, 1.54) is 0 Å². The summed E-state index contributed by atoms with van der Waals surface area (Å²) in [6.45, 7) is 2.00. The van der Waals surface area contributed by atoms with E-state index in [1.807, 2.05) is 11.0 Å². The average Bonchev–Trinajstić information content (AvgIpc) is 3.09. The van der Waals surface area contributed by atoms with Crippen molar-refractivity contribution in [2.75, 3.05) is 35.6 Å². The van der Waals surface area contributed by atoms with Crippen LogP contribution < -0.4 is 16.0 Å². The summed E-state index contributed by atoms with van der Waals surface area (Å²) in [5, 5.41) is 6.82. The maximum Gasteiger partial charge on any atom is 0.263 e. The Morgan fingerprint density at radius 1 is 1.29 bits per heavy atom. The molecule has 2 aliphatic rings. The monoisotopic (exact) mass is 424 g/mol. The van der Waals surface area contributed by atoms with Gasteiger partial charge in [-0.15, -0.1) is 5.10 Å². The van der Waals surface area contributed by atoms with E-state index in [0.717, 1.165) is 35.4 Å². The van der Waals surface area contributed by atoms with E-state index in [-0.39, 0.29) is 29.0 Å². The summed E-state index contributed by atoms with van der Waals surface area (Å²) < 4.78 is 14.6. The number of rotatable bonds is 3. The Morgan fingerprint density at radius 3 is 3.03 bits per heavy atom. The number of piperazine rings is 1. The summed E-state index contributed by atoms with van der Waals surface area (Å²) in [5.41, 5.74) is 7.47. The van der Waals surface area contributed by atoms with Crippen molar-refractivity contribution in [2.24, 2.45) is 0 Å². The number of pyridine rings is 1. The number of fused-ring (bicyclic) bond motifs is 2. The van der Waals surface area contributed by atoms with Gasteiger partial charge in [0.05, 0.1) is 30.0 Å². The van der Waals surface area contributed by atoms with E-state index in [9.17, 15) is 14.0 Å². The number of anilines is 3. The molecular weight excluding hydrogens is 403 g/mol. The molecule has 0 spiro atoms. The van der Waals surface area contributed by atoms with Crippen molar-refractivity contribution in [3.05, 3.63) is 42.2 Å². The fourth-order valence-electron chi connectivity index (χ4n) is 4.37. The number of nitrogen functional groups attached to an aromatic ring is 1. The van der Waals surface area contributed by atoms with Crippen molar-refractivity contribution >= 4 is 34.7 Å². The van der Waals surface area contributed by atoms with Crippen molar-refractivity contribution in [3.8, 4) is 0 Å². The first-order valence-corrected chi connectivity index (χ1v) is 10.1. The minimum atomic E-state index is -0.586. The second-order valence-corrected chi connectivity index (χ2v) is 7.73. The number of hydrogen-bond acceptors (Lipinski definition) is 7. The lowest BCUT2D eigenvalue weighted by atomic mass is 9.98. The third kappa shape index (κ3) is 3.41. The topological polar surface area (TPSA) is 122 Å². The molecule has 0 bridgehead atoms. The normalized spacial score (nSPS) is 18.9. The first-order valence-electron chi connectivity index (χ1n) is 10.1. The Hall–Kier alpha value is -3.76. The first-order chi connectivity index (χ1) is 15.0. The van der Waals surface area contributed by atoms with Gasteiger partial charge in [-0.2, -0.15) is 0 Å². The lowest BCUT2D eigenvalue weighted by Crippen LogP contribution is -2.57. The van der Waals surface area contributed by atoms with Gasteiger partial charge in [0.2, 0.25) is 5.91 Å². The molecule has 0 saturated carbocycles. The molecule has 2 amide bonds. The SMILES string of the molecule is Nc1nn2cc(F)cnc2c1C(=O)Nc1cnccc1N1CCN2C(=O)CCCC2C1. The van der Waals surface area contributed by atoms with Crippen LogP contribution in [0.4, 0.5) is 21.6 Å². The molecule has 0 aliphatic carbocycles. The van der Waals surface area contributed by atoms with Gasteiger partial charge in [-0.3, -0.25) is 14.6 Å². The standard InChI is InChI=1S/C20H21FN8O2/c21-12-8-24-19-17(18(22)26-29(19)10-12)20(31)25-14-9-23-5-4-15(14)27-6-7-28-13(11-27)2-1-3-16(28)30/h4-5,8-10,13H,1-3,6-7,11H2,(H2,22,26)(H,25,31). The van der Waals surface area contributed by atoms with Gasteiger partial charge < -0.3 is 20.9 Å². The van der Waals surface area contributed by atoms with E-state index in [4.69, 9.17) is 5.73 Å². The van der Waals surface area contributed by atoms with E-state index in [1.54, 1.807) is 12.4 Å². The summed E-state index contributed by atoms with van der Waals surface area (Å²) in [5.74, 6) is -0.925. The molecule has 3 aromatic heterocycles. The molecule has 31 heavy (non-hydrogen) atoms. The van der Waals surface area contributed by atoms with Crippen molar-refractivity contribution in [2.45, 2.75) is 25.3 Å². The van der Waals surface area contributed by atoms with Gasteiger partial charge in [-0.25, -0.2) is 13.9 Å². The second kappa shape index (κ2) is 7.49. The number of halogens is 1. The van der Waals surface area contributed by atoms with Crippen molar-refractivity contribution < 1.29 is 14.0 Å². The van der Waals surface area contributed by atoms with Crippen LogP contribution in [0, 0.1) is 5.82 Å². The number of hydrogen-bond donors (Lipinski definition) is 2. The highest BCUT2D eigenvalue weighted by Gasteiger charge is 2.34. The fraction of sp³-hybridized carbons (Fsp3) is 0.350. The molecule has 1 unspecified atom stereocenters. The van der Waals surface area contributed by atoms with Gasteiger partial charge >= 0.3 is 0 Å². The highest BCUT2D eigenvalue weighted by molar-refractivity contribution is 6.12. The summed E-state index contributed by atoms with van der Waals surface area (Å²) in [6.07, 6.45) is 7.83. The van der Waals surface area contributed by atoms with Crippen LogP contribution in [0.5, 0.6) is 0 Å². The van der Waals surface area contributed by atoms with Crippen LogP contribution in [-0.4, -0.2) is 62.0 Å². The molecule has 3 aromatic rings. The zero-order valence-corrected chi connectivity index (χ0v) is 16.7. The zero-order chi connectivity index (χ0) is 21.5. The van der Waals surface area contributed by atoms with Gasteiger partial charge in [-0.1, -0.05) is 0 Å². The van der Waals surface area contributed by atoms with Gasteiger partial charge in [0.15, 0.2) is 17.3 Å². The van der Waals surface area contributed by atoms with Crippen LogP contribution in [0.2, 0.25) is 0 Å². The quantitative estimate of drug-likeness (QED) is 0.650. The number of nitrogens with two attached hydrogens (primary N) is 1. The first kappa shape index (κ1) is 19.2. The Kier molecular flexibility index (Phi) is 4.64. The van der Waals surface area contributed by atoms with Gasteiger partial charge in [-0.05, 0) is 18.9 Å². The van der Waals surface area contributed by atoms with E-state index in [2.05, 4.69) is 25.3 Å². The number of carbonyl (C=O) groups is 2. The Labute approximate surface area is 176 Å². The number of carbonyl (C=O) groups excluding carboxylic acids is 2. The number of aromatic nitrogens is 4. The number of nitrogens with zero attached hydrogens (tertiary/aromatic N) is 6. The van der Waals surface area contributed by atoms with Crippen molar-refractivity contribution in [1.82, 2.24) is 24.5 Å². The number of amides is 2. The average molecular weight is 424 g/mol. The second-order valence-electron chi connectivity index (χ2n) is 7.73. The molecule has 160 valence electrons. The summed E-state index contributed by atoms with van der Waals surface area (Å²) >= 11 is 0. The Morgan fingerprint density at radius 2 is 2.16 bits per heavy atom. The zero-order valence-electron chi connectivity index (χ0n) is 16.7. The highest BCUT2D eigenvalue weighted by Crippen LogP contribution is 2.31. The third-order valence-electron chi connectivity index (χ3n) is 5.81. The predicted octanol–water partition coefficient (Wildman–Crippen LogP) is 1.30. The highest BCUT2D eigenvalue weighted by atomic mass is 19.1. The van der Waals surface area contributed by atoms with Crippen LogP contribution in [0.15, 0.2) is 30.9 Å². The van der Waals surface area contributed by atoms with E-state index < -0.39 is 11.7 Å². The molecule has 11 heteroatoms. The molecule has 10 nitrogen and oxygen atoms in total. The molecule has 3 N–H and O–H groups in total. The molecule has 2 saturated heterocycles. The molecule has 2 fully saturated rings. The van der Waals surface area contributed by atoms with Crippen LogP contribution in [-0.2, 0) is 4.79 Å². The van der Waals surface area contributed by atoms with Gasteiger partial charge in [0.1, 0.15) is 5.56 Å². The maximum atomic E-state index is 13.4. The largest absolute Gasteiger partial charge is 0.381 e. The lowest BCUT2D eigenvalue weighted by Gasteiger charge is -2.45.